The van der Waals surface area contributed by atoms with Gasteiger partial charge in [0, 0.05) is 41.2 Å². The summed E-state index contributed by atoms with van der Waals surface area (Å²) in [6.07, 6.45) is -2.16. The van der Waals surface area contributed by atoms with Crippen LogP contribution in [0.3, 0.4) is 0 Å². The van der Waals surface area contributed by atoms with Gasteiger partial charge in [-0.05, 0) is 32.6 Å². The Labute approximate surface area is 164 Å². The Kier molecular flexibility index (Phi) is 5.55. The minimum absolute atomic E-state index is 0.00178. The van der Waals surface area contributed by atoms with Gasteiger partial charge in [0.05, 0.1) is 5.52 Å². The van der Waals surface area contributed by atoms with E-state index in [0.717, 1.165) is 0 Å². The maximum absolute atomic E-state index is 15.1. The average Bonchev–Trinajstić information content (AvgIpc) is 2.98. The third kappa shape index (κ3) is 3.43. The number of nitrogens with one attached hydrogen (secondary N) is 1. The molecule has 3 N–H and O–H groups in total. The first-order valence-corrected chi connectivity index (χ1v) is 9.01. The van der Waals surface area contributed by atoms with Crippen molar-refractivity contribution in [3.63, 3.8) is 0 Å². The van der Waals surface area contributed by atoms with Crippen molar-refractivity contribution in [2.45, 2.75) is 39.0 Å². The van der Waals surface area contributed by atoms with Gasteiger partial charge >= 0.3 is 0 Å². The Bertz CT molecular complexity index is 1070. The molecule has 2 aromatic rings. The Hall–Kier alpha value is -3.02. The van der Waals surface area contributed by atoms with E-state index in [1.165, 1.54) is 18.7 Å². The number of carbonyl (C=O) groups excluding carboxylic acids is 2. The highest BCUT2D eigenvalue weighted by atomic mass is 19.3. The number of rotatable bonds is 3. The number of H-pyrrole nitrogens is 1. The Morgan fingerprint density at radius 2 is 1.97 bits per heavy atom. The predicted octanol–water partition coefficient (Wildman–Crippen LogP) is 3.52. The van der Waals surface area contributed by atoms with Gasteiger partial charge in [0.15, 0.2) is 11.6 Å². The van der Waals surface area contributed by atoms with E-state index in [-0.39, 0.29) is 28.7 Å². The largest absolute Gasteiger partial charge is 0.365 e. The van der Waals surface area contributed by atoms with Crippen molar-refractivity contribution < 1.29 is 27.2 Å². The summed E-state index contributed by atoms with van der Waals surface area (Å²) in [5.41, 5.74) is 3.35. The quantitative estimate of drug-likeness (QED) is 0.601. The number of amides is 2. The number of halogens is 4. The molecule has 9 heteroatoms. The summed E-state index contributed by atoms with van der Waals surface area (Å²) < 4.78 is 57.4. The van der Waals surface area contributed by atoms with E-state index in [2.05, 4.69) is 16.8 Å². The van der Waals surface area contributed by atoms with Crippen LogP contribution < -0.4 is 5.73 Å². The van der Waals surface area contributed by atoms with E-state index >= 15 is 4.39 Å². The molecular formula is C20H19F4N3O2. The van der Waals surface area contributed by atoms with Crippen LogP contribution in [-0.2, 0) is 4.79 Å². The lowest BCUT2D eigenvalue weighted by atomic mass is 9.85. The van der Waals surface area contributed by atoms with Crippen molar-refractivity contribution in [3.8, 4) is 11.8 Å². The predicted molar refractivity (Wildman–Crippen MR) is 98.4 cm³/mol. The number of nitrogens with zero attached hydrogens (tertiary/aromatic N) is 1. The van der Waals surface area contributed by atoms with Crippen LogP contribution in [-0.4, -0.2) is 34.8 Å². The number of benzene rings is 1. The van der Waals surface area contributed by atoms with Crippen LogP contribution in [0.5, 0.6) is 0 Å². The number of primary amides is 1. The molecule has 0 radical (unpaired) electrons. The number of piperidine rings is 1. The SMILES string of the molecule is CC#CC(=O)N1CCCC(c2c(F)c(F)c(C(N)=O)c3[nH]c(C)c(C(F)F)c23)C1. The van der Waals surface area contributed by atoms with Crippen LogP contribution in [0, 0.1) is 30.4 Å². The number of alkyl halides is 2. The van der Waals surface area contributed by atoms with Crippen molar-refractivity contribution in [3.05, 3.63) is 34.0 Å². The number of hydrogen-bond acceptors (Lipinski definition) is 2. The van der Waals surface area contributed by atoms with E-state index in [1.54, 1.807) is 0 Å². The molecule has 1 fully saturated rings. The number of carbonyl (C=O) groups is 2. The molecule has 1 aliphatic rings. The summed E-state index contributed by atoms with van der Waals surface area (Å²) in [6.45, 7) is 3.21. The topological polar surface area (TPSA) is 79.2 Å². The van der Waals surface area contributed by atoms with Crippen molar-refractivity contribution in [1.29, 1.82) is 0 Å². The monoisotopic (exact) mass is 409 g/mol. The number of hydrogen-bond donors (Lipinski definition) is 2. The van der Waals surface area contributed by atoms with Crippen LogP contribution in [0.15, 0.2) is 0 Å². The van der Waals surface area contributed by atoms with E-state index in [4.69, 9.17) is 5.73 Å². The van der Waals surface area contributed by atoms with E-state index in [1.807, 2.05) is 0 Å². The summed E-state index contributed by atoms with van der Waals surface area (Å²) >= 11 is 0. The highest BCUT2D eigenvalue weighted by Crippen LogP contribution is 2.42. The number of aromatic nitrogens is 1. The number of nitrogens with two attached hydrogens (primary N) is 1. The smallest absolute Gasteiger partial charge is 0.298 e. The van der Waals surface area contributed by atoms with Crippen LogP contribution in [0.4, 0.5) is 17.6 Å². The first-order chi connectivity index (χ1) is 13.7. The van der Waals surface area contributed by atoms with E-state index in [0.29, 0.717) is 19.4 Å². The maximum Gasteiger partial charge on any atom is 0.298 e. The molecule has 1 aromatic heterocycles. The average molecular weight is 409 g/mol. The van der Waals surface area contributed by atoms with Crippen molar-refractivity contribution in [2.24, 2.45) is 5.73 Å². The fourth-order valence-corrected chi connectivity index (χ4v) is 4.02. The lowest BCUT2D eigenvalue weighted by Gasteiger charge is -2.32. The minimum Gasteiger partial charge on any atom is -0.365 e. The van der Waals surface area contributed by atoms with Gasteiger partial charge < -0.3 is 15.6 Å². The first-order valence-electron chi connectivity index (χ1n) is 9.01. The molecule has 0 bridgehead atoms. The minimum atomic E-state index is -2.99. The molecule has 1 aliphatic heterocycles. The van der Waals surface area contributed by atoms with Gasteiger partial charge in [-0.15, -0.1) is 0 Å². The molecule has 2 heterocycles. The molecule has 1 atom stereocenters. The van der Waals surface area contributed by atoms with Gasteiger partial charge in [0.25, 0.3) is 18.2 Å². The highest BCUT2D eigenvalue weighted by Gasteiger charge is 2.35. The molecule has 1 unspecified atom stereocenters. The second-order valence-electron chi connectivity index (χ2n) is 6.96. The van der Waals surface area contributed by atoms with Gasteiger partial charge in [0.1, 0.15) is 5.56 Å². The third-order valence-electron chi connectivity index (χ3n) is 5.22. The molecule has 1 saturated heterocycles. The normalized spacial score (nSPS) is 16.8. The highest BCUT2D eigenvalue weighted by molar-refractivity contribution is 6.07. The zero-order valence-corrected chi connectivity index (χ0v) is 15.8. The number of fused-ring (bicyclic) bond motifs is 1. The first kappa shape index (κ1) is 20.7. The molecule has 3 rings (SSSR count). The van der Waals surface area contributed by atoms with Gasteiger partial charge in [-0.2, -0.15) is 0 Å². The van der Waals surface area contributed by atoms with Crippen LogP contribution in [0.1, 0.15) is 59.3 Å². The summed E-state index contributed by atoms with van der Waals surface area (Å²) in [5.74, 6) is -0.480. The Morgan fingerprint density at radius 1 is 1.28 bits per heavy atom. The molecule has 2 amide bonds. The van der Waals surface area contributed by atoms with E-state index in [9.17, 15) is 22.8 Å². The lowest BCUT2D eigenvalue weighted by molar-refractivity contribution is -0.126. The zero-order chi connectivity index (χ0) is 21.5. The second kappa shape index (κ2) is 7.78. The fraction of sp³-hybridized carbons (Fsp3) is 0.400. The van der Waals surface area contributed by atoms with Gasteiger partial charge in [-0.25, -0.2) is 17.6 Å². The summed E-state index contributed by atoms with van der Waals surface area (Å²) in [6, 6.07) is 0. The molecular weight excluding hydrogens is 390 g/mol. The molecule has 5 nitrogen and oxygen atoms in total. The van der Waals surface area contributed by atoms with Crippen LogP contribution in [0.2, 0.25) is 0 Å². The molecule has 154 valence electrons. The van der Waals surface area contributed by atoms with Gasteiger partial charge in [-0.3, -0.25) is 9.59 Å². The van der Waals surface area contributed by atoms with Crippen molar-refractivity contribution >= 4 is 22.7 Å². The summed E-state index contributed by atoms with van der Waals surface area (Å²) in [5, 5.41) is -0.244. The second-order valence-corrected chi connectivity index (χ2v) is 6.96. The Morgan fingerprint density at radius 3 is 2.55 bits per heavy atom. The maximum atomic E-state index is 15.1. The summed E-state index contributed by atoms with van der Waals surface area (Å²) in [7, 11) is 0. The van der Waals surface area contributed by atoms with Crippen molar-refractivity contribution in [1.82, 2.24) is 9.88 Å². The van der Waals surface area contributed by atoms with Gasteiger partial charge in [0.2, 0.25) is 0 Å². The number of likely N-dealkylation sites (tertiary alicyclic amines) is 1. The standard InChI is InChI=1S/C20H19F4N3O2/c1-3-5-11(28)27-7-4-6-10(8-27)13-14-12(19(23)24)9(2)26-18(14)15(20(25)29)17(22)16(13)21/h10,19,26H,4,6-8H2,1-2H3,(H2,25,29). The molecule has 0 spiro atoms. The number of aromatic amines is 1. The van der Waals surface area contributed by atoms with Crippen LogP contribution in [0.25, 0.3) is 10.9 Å². The number of aryl methyl sites for hydroxylation is 1. The molecule has 29 heavy (non-hydrogen) atoms. The fourth-order valence-electron chi connectivity index (χ4n) is 4.02. The zero-order valence-electron chi connectivity index (χ0n) is 15.8. The lowest BCUT2D eigenvalue weighted by Crippen LogP contribution is -2.38. The molecule has 0 aliphatic carbocycles. The third-order valence-corrected chi connectivity index (χ3v) is 5.22. The van der Waals surface area contributed by atoms with E-state index < -0.39 is 46.9 Å². The molecule has 0 saturated carbocycles. The van der Waals surface area contributed by atoms with Gasteiger partial charge in [-0.1, -0.05) is 5.92 Å². The van der Waals surface area contributed by atoms with Crippen molar-refractivity contribution in [2.75, 3.05) is 13.1 Å². The Balaban J connectivity index is 2.28. The van der Waals surface area contributed by atoms with Crippen LogP contribution >= 0.6 is 0 Å². The molecule has 1 aromatic carbocycles. The summed E-state index contributed by atoms with van der Waals surface area (Å²) in [4.78, 5) is 27.8.